The van der Waals surface area contributed by atoms with Gasteiger partial charge in [-0.25, -0.2) is 9.97 Å². The van der Waals surface area contributed by atoms with Crippen molar-refractivity contribution in [2.75, 3.05) is 11.5 Å². The molecule has 0 spiro atoms. The van der Waals surface area contributed by atoms with Crippen LogP contribution in [0.2, 0.25) is 0 Å². The van der Waals surface area contributed by atoms with Crippen LogP contribution in [0.25, 0.3) is 21.5 Å². The Morgan fingerprint density at radius 3 is 0.624 bits per heavy atom. The maximum absolute atomic E-state index is 8.85. The van der Waals surface area contributed by atoms with E-state index in [2.05, 4.69) is 403 Å². The van der Waals surface area contributed by atoms with E-state index in [1.165, 1.54) is 69.2 Å². The van der Waals surface area contributed by atoms with E-state index in [0.717, 1.165) is 31.6 Å². The summed E-state index contributed by atoms with van der Waals surface area (Å²) in [7, 11) is -1.78. The molecule has 0 amide bonds. The van der Waals surface area contributed by atoms with Gasteiger partial charge in [-0.2, -0.15) is 5.26 Å². The molecular formula is C95H78BrN7P4PdZn. The van der Waals surface area contributed by atoms with Crippen molar-refractivity contribution in [3.8, 4) is 6.07 Å². The second kappa shape index (κ2) is 47.3. The van der Waals surface area contributed by atoms with E-state index in [1.54, 1.807) is 18.5 Å². The summed E-state index contributed by atoms with van der Waals surface area (Å²) in [5, 5.41) is 42.2. The molecule has 0 bridgehead atoms. The summed E-state index contributed by atoms with van der Waals surface area (Å²) in [6.07, 6.45) is 3.39. The van der Waals surface area contributed by atoms with Gasteiger partial charge in [-0.15, -0.1) is 0 Å². The standard InChI is InChI=1S/4C18H15P.C11H9N3.C10H9BrN2.2CN.Pd.Zn/c4*1-4-10-16(11-5-1)19(17-12-6-2-7-13-17)18-14-8-3-9-15-18;1-7-8(6-12)2-3-10-9(7)4-5-14-11(10)13;1-6-7-4-5-13-10(12)8(7)2-3-9(6)11;2*1-2;;/h4*1-15H;2-5H,1H3,(H2,13,14);2-5H,1H3,(H2,12,13);;;;/q;;;;;;2*-1;;+2. The zero-order valence-electron chi connectivity index (χ0n) is 60.3. The number of benzene rings is 14. The largest absolute Gasteiger partial charge is 2.00 e. The Labute approximate surface area is 682 Å². The molecule has 0 fully saturated rings. The Hall–Kier alpha value is -10.5. The smallest absolute Gasteiger partial charge is 0.512 e. The molecule has 14 aromatic carbocycles. The molecule has 16 aromatic rings. The van der Waals surface area contributed by atoms with Crippen molar-refractivity contribution < 1.29 is 39.9 Å². The zero-order valence-corrected chi connectivity index (χ0v) is 70.0. The fraction of sp³-hybridized carbons (Fsp3) is 0.0211. The first-order valence-corrected chi connectivity index (χ1v) is 40.5. The number of anilines is 2. The van der Waals surface area contributed by atoms with E-state index < -0.39 is 31.7 Å². The molecule has 109 heavy (non-hydrogen) atoms. The van der Waals surface area contributed by atoms with Gasteiger partial charge in [-0.05, 0) is 167 Å². The Kier molecular flexibility index (Phi) is 37.2. The van der Waals surface area contributed by atoms with Gasteiger partial charge < -0.3 is 35.1 Å². The Morgan fingerprint density at radius 1 is 0.266 bits per heavy atom. The molecule has 0 aliphatic rings. The number of pyridine rings is 2. The van der Waals surface area contributed by atoms with Crippen LogP contribution >= 0.6 is 47.6 Å². The molecule has 4 N–H and O–H groups in total. The van der Waals surface area contributed by atoms with Gasteiger partial charge in [0, 0.05) is 48.1 Å². The van der Waals surface area contributed by atoms with Crippen LogP contribution in [0.5, 0.6) is 0 Å². The van der Waals surface area contributed by atoms with E-state index >= 15 is 0 Å². The molecule has 0 unspecified atom stereocenters. The maximum atomic E-state index is 8.85. The molecule has 7 nitrogen and oxygen atoms in total. The average molecular weight is 1690 g/mol. The number of nitrogens with zero attached hydrogens (tertiary/aromatic N) is 5. The minimum atomic E-state index is -0.446. The molecule has 0 atom stereocenters. The summed E-state index contributed by atoms with van der Waals surface area (Å²) >= 11 is 3.48. The number of fused-ring (bicyclic) bond motifs is 2. The van der Waals surface area contributed by atoms with Crippen LogP contribution < -0.4 is 75.1 Å². The van der Waals surface area contributed by atoms with Crippen molar-refractivity contribution in [1.29, 1.82) is 15.8 Å². The number of nitrogens with two attached hydrogens (primary N) is 2. The number of aryl methyl sites for hydroxylation is 2. The van der Waals surface area contributed by atoms with Crippen LogP contribution in [0.4, 0.5) is 11.6 Å². The minimum absolute atomic E-state index is 0. The Bertz CT molecular complexity index is 4480. The number of aromatic nitrogens is 2. The topological polar surface area (TPSA) is 149 Å². The number of hydrogen-bond acceptors (Lipinski definition) is 7. The SMILES string of the molecule is Cc1c(Br)ccc2c(N)nccc12.Cc1c(C#N)ccc2c(N)nccc12.[C-]#N.[C-]#N.[Pd].[Zn+2].c1ccc(P(c2ccccc2)c2ccccc2)cc1.c1ccc(P(c2ccccc2)c2ccccc2)cc1.c1ccc(P(c2ccccc2)c2ccccc2)cc1.c1ccc(P(c2ccccc2)c2ccccc2)cc1. The van der Waals surface area contributed by atoms with E-state index in [4.69, 9.17) is 40.4 Å². The number of nitrogen functional groups attached to an aromatic ring is 2. The third-order valence-electron chi connectivity index (χ3n) is 16.7. The minimum Gasteiger partial charge on any atom is -0.512 e. The van der Waals surface area contributed by atoms with Gasteiger partial charge in [0.25, 0.3) is 0 Å². The molecule has 532 valence electrons. The number of rotatable bonds is 12. The molecule has 0 saturated heterocycles. The van der Waals surface area contributed by atoms with E-state index in [-0.39, 0.29) is 39.9 Å². The number of hydrogen-bond donors (Lipinski definition) is 2. The quantitative estimate of drug-likeness (QED) is 0.0703. The number of nitriles is 1. The Morgan fingerprint density at radius 2 is 0.440 bits per heavy atom. The van der Waals surface area contributed by atoms with Crippen molar-refractivity contribution in [3.63, 3.8) is 0 Å². The van der Waals surface area contributed by atoms with Crippen molar-refractivity contribution in [2.45, 2.75) is 13.8 Å². The van der Waals surface area contributed by atoms with Crippen LogP contribution in [-0.2, 0) is 39.9 Å². The summed E-state index contributed by atoms with van der Waals surface area (Å²) in [5.74, 6) is 1.10. The van der Waals surface area contributed by atoms with E-state index in [1.807, 2.05) is 37.3 Å². The Balaban J connectivity index is 0.000000181. The normalized spacial score (nSPS) is 9.96. The van der Waals surface area contributed by atoms with Gasteiger partial charge in [0.05, 0.1) is 11.6 Å². The third-order valence-corrected chi connectivity index (χ3v) is 27.4. The fourth-order valence-electron chi connectivity index (χ4n) is 11.7. The predicted octanol–water partition coefficient (Wildman–Crippen LogP) is 18.9. The van der Waals surface area contributed by atoms with Crippen molar-refractivity contribution in [3.05, 3.63) is 447 Å². The van der Waals surface area contributed by atoms with Crippen molar-refractivity contribution in [1.82, 2.24) is 9.97 Å². The molecule has 0 radical (unpaired) electrons. The predicted molar refractivity (Wildman–Crippen MR) is 465 cm³/mol. The summed E-state index contributed by atoms with van der Waals surface area (Å²) in [6.45, 7) is 13.5. The maximum Gasteiger partial charge on any atom is 2.00 e. The van der Waals surface area contributed by atoms with Crippen LogP contribution in [0.3, 0.4) is 0 Å². The van der Waals surface area contributed by atoms with Crippen LogP contribution in [-0.4, -0.2) is 9.97 Å². The van der Waals surface area contributed by atoms with E-state index in [9.17, 15) is 0 Å². The number of halogens is 1. The average Bonchev–Trinajstić information content (AvgIpc) is 0.810. The summed E-state index contributed by atoms with van der Waals surface area (Å²) in [4.78, 5) is 8.04. The van der Waals surface area contributed by atoms with Gasteiger partial charge in [0.2, 0.25) is 0 Å². The molecule has 14 heteroatoms. The third kappa shape index (κ3) is 24.7. The van der Waals surface area contributed by atoms with Gasteiger partial charge in [-0.1, -0.05) is 380 Å². The molecule has 2 aromatic heterocycles. The van der Waals surface area contributed by atoms with Crippen LogP contribution in [0.1, 0.15) is 16.7 Å². The zero-order chi connectivity index (χ0) is 75.2. The summed E-state index contributed by atoms with van der Waals surface area (Å²) in [5.41, 5.74) is 14.3. The first kappa shape index (κ1) is 85.7. The molecular weight excluding hydrogens is 1610 g/mol. The van der Waals surface area contributed by atoms with Crippen molar-refractivity contribution >= 4 is 144 Å². The second-order valence-electron chi connectivity index (χ2n) is 23.5. The first-order chi connectivity index (χ1) is 52.7. The fourth-order valence-corrected chi connectivity index (χ4v) is 21.2. The first-order valence-electron chi connectivity index (χ1n) is 34.3. The second-order valence-corrected chi connectivity index (χ2v) is 33.2. The molecule has 16 rings (SSSR count). The molecule has 0 saturated carbocycles. The monoisotopic (exact) mass is 1690 g/mol. The van der Waals surface area contributed by atoms with Crippen LogP contribution in [0.15, 0.2) is 417 Å². The van der Waals surface area contributed by atoms with Gasteiger partial charge >= 0.3 is 19.5 Å². The van der Waals surface area contributed by atoms with Crippen LogP contribution in [0, 0.1) is 48.8 Å². The van der Waals surface area contributed by atoms with Gasteiger partial charge in [0.1, 0.15) is 11.6 Å². The molecule has 0 aliphatic carbocycles. The van der Waals surface area contributed by atoms with E-state index in [0.29, 0.717) is 17.2 Å². The van der Waals surface area contributed by atoms with Crippen molar-refractivity contribution in [2.24, 2.45) is 0 Å². The molecule has 0 aliphatic heterocycles. The van der Waals surface area contributed by atoms with Gasteiger partial charge in [0.15, 0.2) is 0 Å². The summed E-state index contributed by atoms with van der Waals surface area (Å²) in [6, 6.07) is 143. The molecule has 2 heterocycles. The summed E-state index contributed by atoms with van der Waals surface area (Å²) < 4.78 is 1.10. The van der Waals surface area contributed by atoms with Gasteiger partial charge in [-0.3, -0.25) is 0 Å².